The minimum Gasteiger partial charge on any atom is -0.341 e. The monoisotopic (exact) mass is 465 g/mol. The van der Waals surface area contributed by atoms with Gasteiger partial charge in [0.1, 0.15) is 0 Å². The number of nitrogens with zero attached hydrogens (tertiary/aromatic N) is 3. The Bertz CT molecular complexity index is 1230. The first-order valence-electron chi connectivity index (χ1n) is 10.9. The number of likely N-dealkylation sites (tertiary alicyclic amines) is 1. The fraction of sp³-hybridized carbons (Fsp3) is 0.333. The van der Waals surface area contributed by atoms with Gasteiger partial charge in [0.05, 0.1) is 27.6 Å². The zero-order chi connectivity index (χ0) is 23.5. The molecule has 33 heavy (non-hydrogen) atoms. The second kappa shape index (κ2) is 9.58. The van der Waals surface area contributed by atoms with Crippen LogP contribution in [0, 0.1) is 6.92 Å². The second-order valence-electron chi connectivity index (χ2n) is 8.21. The number of amides is 3. The van der Waals surface area contributed by atoms with E-state index in [4.69, 9.17) is 4.98 Å². The van der Waals surface area contributed by atoms with Gasteiger partial charge >= 0.3 is 0 Å². The molecular formula is C24H27N5O3S. The van der Waals surface area contributed by atoms with E-state index in [0.29, 0.717) is 23.1 Å². The number of aryl methyl sites for hydroxylation is 1. The van der Waals surface area contributed by atoms with Crippen molar-refractivity contribution >= 4 is 51.7 Å². The Labute approximate surface area is 196 Å². The van der Waals surface area contributed by atoms with E-state index in [1.165, 1.54) is 17.4 Å². The van der Waals surface area contributed by atoms with Gasteiger partial charge in [0.2, 0.25) is 17.8 Å². The number of benzene rings is 1. The van der Waals surface area contributed by atoms with E-state index in [9.17, 15) is 14.4 Å². The van der Waals surface area contributed by atoms with E-state index in [0.717, 1.165) is 42.4 Å². The molecule has 2 N–H and O–H groups in total. The number of carbonyl (C=O) groups is 3. The number of carbonyl (C=O) groups excluding carboxylic acids is 3. The molecule has 0 saturated carbocycles. The van der Waals surface area contributed by atoms with Gasteiger partial charge in [-0.1, -0.05) is 18.7 Å². The third-order valence-corrected chi connectivity index (χ3v) is 6.80. The van der Waals surface area contributed by atoms with Gasteiger partial charge in [-0.25, -0.2) is 4.98 Å². The Morgan fingerprint density at radius 2 is 2.06 bits per heavy atom. The maximum absolute atomic E-state index is 13.1. The Morgan fingerprint density at radius 3 is 2.82 bits per heavy atom. The van der Waals surface area contributed by atoms with Crippen LogP contribution >= 0.6 is 11.3 Å². The summed E-state index contributed by atoms with van der Waals surface area (Å²) >= 11 is 1.24. The van der Waals surface area contributed by atoms with Gasteiger partial charge in [-0.3, -0.25) is 19.7 Å². The lowest BCUT2D eigenvalue weighted by molar-refractivity contribution is -0.129. The van der Waals surface area contributed by atoms with Crippen LogP contribution in [0.2, 0.25) is 0 Å². The normalized spacial score (nSPS) is 16.3. The first-order valence-corrected chi connectivity index (χ1v) is 11.8. The molecule has 1 atom stereocenters. The van der Waals surface area contributed by atoms with E-state index in [2.05, 4.69) is 21.8 Å². The number of para-hydroxylation sites is 1. The summed E-state index contributed by atoms with van der Waals surface area (Å²) in [6, 6.07) is 7.54. The van der Waals surface area contributed by atoms with Crippen molar-refractivity contribution in [1.82, 2.24) is 14.5 Å². The number of hydrogen-bond acceptors (Lipinski definition) is 5. The maximum atomic E-state index is 13.1. The van der Waals surface area contributed by atoms with Crippen molar-refractivity contribution in [1.29, 1.82) is 0 Å². The van der Waals surface area contributed by atoms with Gasteiger partial charge in [-0.05, 0) is 50.0 Å². The van der Waals surface area contributed by atoms with Crippen molar-refractivity contribution in [2.45, 2.75) is 39.2 Å². The average molecular weight is 466 g/mol. The highest BCUT2D eigenvalue weighted by atomic mass is 32.1. The Kier molecular flexibility index (Phi) is 6.60. The van der Waals surface area contributed by atoms with Crippen molar-refractivity contribution in [3.63, 3.8) is 0 Å². The molecule has 3 amide bonds. The lowest BCUT2D eigenvalue weighted by Gasteiger charge is -2.26. The maximum Gasteiger partial charge on any atom is 0.268 e. The molecule has 1 aliphatic heterocycles. The van der Waals surface area contributed by atoms with Gasteiger partial charge in [0.25, 0.3) is 5.91 Å². The topological polar surface area (TPSA) is 96.3 Å². The molecule has 1 aliphatic rings. The molecule has 9 heteroatoms. The minimum absolute atomic E-state index is 0.00331. The standard InChI is InChI=1S/C24H27N5O3S/c1-4-21(31)25-17-12-20(33-14-17)23(32)27-24-26-19-10-7-8-15(2)22(19)29(24)18-9-5-6-11-28(13-18)16(3)30/h4,7-8,10,12,14,18H,1,5-6,9,11,13H2,2-3H3,(H,25,31)(H,26,27,32)/t18-/m1/s1. The van der Waals surface area contributed by atoms with E-state index < -0.39 is 0 Å². The zero-order valence-corrected chi connectivity index (χ0v) is 19.6. The van der Waals surface area contributed by atoms with Gasteiger partial charge in [-0.15, -0.1) is 11.3 Å². The van der Waals surface area contributed by atoms with Gasteiger partial charge in [-0.2, -0.15) is 0 Å². The Balaban J connectivity index is 1.68. The molecule has 3 aromatic rings. The quantitative estimate of drug-likeness (QED) is 0.547. The number of hydrogen-bond donors (Lipinski definition) is 2. The summed E-state index contributed by atoms with van der Waals surface area (Å²) in [7, 11) is 0. The fourth-order valence-corrected chi connectivity index (χ4v) is 4.99. The van der Waals surface area contributed by atoms with Crippen molar-refractivity contribution in [2.75, 3.05) is 23.7 Å². The molecule has 3 heterocycles. The van der Waals surface area contributed by atoms with Crippen molar-refractivity contribution < 1.29 is 14.4 Å². The van der Waals surface area contributed by atoms with Crippen LogP contribution in [0.3, 0.4) is 0 Å². The van der Waals surface area contributed by atoms with Crippen LogP contribution in [0.1, 0.15) is 47.5 Å². The summed E-state index contributed by atoms with van der Waals surface area (Å²) in [6.07, 6.45) is 4.02. The molecule has 1 aromatic carbocycles. The van der Waals surface area contributed by atoms with Crippen molar-refractivity contribution in [2.24, 2.45) is 0 Å². The molecule has 0 aliphatic carbocycles. The van der Waals surface area contributed by atoms with E-state index in [1.807, 2.05) is 30.0 Å². The zero-order valence-electron chi connectivity index (χ0n) is 18.8. The minimum atomic E-state index is -0.333. The summed E-state index contributed by atoms with van der Waals surface area (Å²) in [6.45, 7) is 8.38. The fourth-order valence-electron chi connectivity index (χ4n) is 4.26. The lowest BCUT2D eigenvalue weighted by atomic mass is 10.1. The molecule has 1 fully saturated rings. The molecule has 1 saturated heterocycles. The molecule has 0 radical (unpaired) electrons. The van der Waals surface area contributed by atoms with Crippen LogP contribution in [-0.4, -0.2) is 45.3 Å². The molecule has 4 rings (SSSR count). The second-order valence-corrected chi connectivity index (χ2v) is 9.12. The molecule has 8 nitrogen and oxygen atoms in total. The van der Waals surface area contributed by atoms with E-state index >= 15 is 0 Å². The number of imidazole rings is 1. The SMILES string of the molecule is C=CC(=O)Nc1csc(C(=O)Nc2nc3cccc(C)c3n2[C@@H]2CCCCN(C(C)=O)C2)c1. The van der Waals surface area contributed by atoms with Gasteiger partial charge in [0.15, 0.2) is 0 Å². The first-order chi connectivity index (χ1) is 15.9. The van der Waals surface area contributed by atoms with Crippen LogP contribution in [0.25, 0.3) is 11.0 Å². The number of anilines is 2. The third-order valence-electron chi connectivity index (χ3n) is 5.87. The van der Waals surface area contributed by atoms with E-state index in [1.54, 1.807) is 18.4 Å². The molecule has 0 unspecified atom stereocenters. The van der Waals surface area contributed by atoms with Crippen molar-refractivity contribution in [3.05, 3.63) is 52.7 Å². The van der Waals surface area contributed by atoms with Crippen LogP contribution < -0.4 is 10.6 Å². The summed E-state index contributed by atoms with van der Waals surface area (Å²) in [5.41, 5.74) is 3.37. The molecule has 2 aromatic heterocycles. The number of fused-ring (bicyclic) bond motifs is 1. The highest BCUT2D eigenvalue weighted by molar-refractivity contribution is 7.12. The lowest BCUT2D eigenvalue weighted by Crippen LogP contribution is -2.34. The predicted octanol–water partition coefficient (Wildman–Crippen LogP) is 4.36. The van der Waals surface area contributed by atoms with Crippen LogP contribution in [0.5, 0.6) is 0 Å². The van der Waals surface area contributed by atoms with Crippen LogP contribution in [0.4, 0.5) is 11.6 Å². The Morgan fingerprint density at radius 1 is 1.24 bits per heavy atom. The van der Waals surface area contributed by atoms with Gasteiger partial charge in [0, 0.05) is 25.4 Å². The third kappa shape index (κ3) is 4.83. The summed E-state index contributed by atoms with van der Waals surface area (Å²) in [4.78, 5) is 43.8. The predicted molar refractivity (Wildman–Crippen MR) is 131 cm³/mol. The highest BCUT2D eigenvalue weighted by Crippen LogP contribution is 2.32. The smallest absolute Gasteiger partial charge is 0.268 e. The van der Waals surface area contributed by atoms with Crippen molar-refractivity contribution in [3.8, 4) is 0 Å². The number of thiophene rings is 1. The summed E-state index contributed by atoms with van der Waals surface area (Å²) in [5.74, 6) is -0.114. The van der Waals surface area contributed by atoms with Crippen LogP contribution in [0.15, 0.2) is 42.3 Å². The summed E-state index contributed by atoms with van der Waals surface area (Å²) in [5, 5.41) is 7.34. The number of aromatic nitrogens is 2. The van der Waals surface area contributed by atoms with E-state index in [-0.39, 0.29) is 23.8 Å². The molecule has 0 spiro atoms. The number of rotatable bonds is 5. The molecule has 172 valence electrons. The average Bonchev–Trinajstić information content (AvgIpc) is 3.31. The highest BCUT2D eigenvalue weighted by Gasteiger charge is 2.27. The number of nitrogens with one attached hydrogen (secondary N) is 2. The van der Waals surface area contributed by atoms with Crippen LogP contribution in [-0.2, 0) is 9.59 Å². The Hall–Kier alpha value is -3.46. The molecular weight excluding hydrogens is 438 g/mol. The van der Waals surface area contributed by atoms with Gasteiger partial charge < -0.3 is 14.8 Å². The molecule has 0 bridgehead atoms. The first kappa shape index (κ1) is 22.7. The largest absolute Gasteiger partial charge is 0.341 e. The summed E-state index contributed by atoms with van der Waals surface area (Å²) < 4.78 is 2.08.